The highest BCUT2D eigenvalue weighted by Gasteiger charge is 2.40. The van der Waals surface area contributed by atoms with E-state index in [1.165, 1.54) is 68.8 Å². The second-order valence-corrected chi connectivity index (χ2v) is 17.6. The zero-order valence-corrected chi connectivity index (χ0v) is 31.8. The highest BCUT2D eigenvalue weighted by atomic mass is 28.3. The number of aromatic nitrogens is 2. The second kappa shape index (κ2) is 18.9. The number of hydrogen-bond donors (Lipinski definition) is 0. The van der Waals surface area contributed by atoms with Crippen molar-refractivity contribution in [3.8, 4) is 0 Å². The molecule has 0 bridgehead atoms. The molecule has 0 aliphatic carbocycles. The standard InChI is InChI=1S/C30H36N2Si.C18H15B/c1-3-5-12-26-14-10-18-29(22-26)33(25-32-21-20-31-24-32,28-16-8-7-9-17-28)30-19-11-15-27(23-30)13-6-4-2;1-4-10-16(11-5-1)19(17-12-6-2-7-13-17)18-14-8-3-9-15-18/h7-11,14-24H,3-6,12-13,25H2,1-2H3;1-15H. The Bertz CT molecular complexity index is 1890. The molecule has 6 aromatic carbocycles. The van der Waals surface area contributed by atoms with Crippen LogP contribution in [-0.4, -0.2) is 24.3 Å². The molecule has 4 heteroatoms. The molecule has 0 amide bonds. The van der Waals surface area contributed by atoms with E-state index in [1.54, 1.807) is 0 Å². The number of unbranched alkanes of at least 4 members (excludes halogenated alkanes) is 2. The van der Waals surface area contributed by atoms with E-state index in [2.05, 4.69) is 199 Å². The van der Waals surface area contributed by atoms with Crippen LogP contribution in [0.2, 0.25) is 0 Å². The molecule has 0 atom stereocenters. The fourth-order valence-corrected chi connectivity index (χ4v) is 12.1. The number of aryl methyl sites for hydroxylation is 2. The van der Waals surface area contributed by atoms with Crippen molar-refractivity contribution >= 4 is 46.7 Å². The lowest BCUT2D eigenvalue weighted by Crippen LogP contribution is -2.69. The van der Waals surface area contributed by atoms with E-state index in [1.807, 2.05) is 12.5 Å². The molecule has 0 saturated heterocycles. The monoisotopic (exact) mass is 694 g/mol. The van der Waals surface area contributed by atoms with Crippen LogP contribution in [0.5, 0.6) is 0 Å². The predicted molar refractivity (Wildman–Crippen MR) is 227 cm³/mol. The molecule has 0 aliphatic heterocycles. The summed E-state index contributed by atoms with van der Waals surface area (Å²) in [5.41, 5.74) is 6.91. The van der Waals surface area contributed by atoms with E-state index >= 15 is 0 Å². The second-order valence-electron chi connectivity index (χ2n) is 13.8. The van der Waals surface area contributed by atoms with Crippen molar-refractivity contribution in [3.05, 3.63) is 200 Å². The molecular formula is C48H51BN2Si. The molecule has 260 valence electrons. The van der Waals surface area contributed by atoms with Crippen molar-refractivity contribution in [1.29, 1.82) is 0 Å². The average molecular weight is 695 g/mol. The normalized spacial score (nSPS) is 11.0. The Morgan fingerprint density at radius 1 is 0.500 bits per heavy atom. The summed E-state index contributed by atoms with van der Waals surface area (Å²) in [5, 5.41) is 4.44. The lowest BCUT2D eigenvalue weighted by molar-refractivity contribution is 0.795. The van der Waals surface area contributed by atoms with Gasteiger partial charge in [-0.15, -0.1) is 0 Å². The molecule has 0 aliphatic rings. The Morgan fingerprint density at radius 3 is 1.33 bits per heavy atom. The zero-order valence-electron chi connectivity index (χ0n) is 30.8. The summed E-state index contributed by atoms with van der Waals surface area (Å²) < 4.78 is 2.29. The average Bonchev–Trinajstić information content (AvgIpc) is 3.74. The number of benzene rings is 6. The fourth-order valence-electron chi connectivity index (χ4n) is 7.41. The van der Waals surface area contributed by atoms with Crippen LogP contribution in [0.3, 0.4) is 0 Å². The van der Waals surface area contributed by atoms with Gasteiger partial charge in [0.15, 0.2) is 8.07 Å². The van der Waals surface area contributed by atoms with Gasteiger partial charge in [0.25, 0.3) is 0 Å². The maximum atomic E-state index is 4.39. The number of imidazole rings is 1. The third-order valence-electron chi connectivity index (χ3n) is 10.1. The van der Waals surface area contributed by atoms with E-state index in [0.29, 0.717) is 6.71 Å². The number of nitrogens with zero attached hydrogens (tertiary/aromatic N) is 2. The van der Waals surface area contributed by atoms with Crippen molar-refractivity contribution in [1.82, 2.24) is 9.55 Å². The highest BCUT2D eigenvalue weighted by molar-refractivity contribution is 7.10. The van der Waals surface area contributed by atoms with Gasteiger partial charge in [-0.2, -0.15) is 0 Å². The van der Waals surface area contributed by atoms with Crippen molar-refractivity contribution < 1.29 is 0 Å². The highest BCUT2D eigenvalue weighted by Crippen LogP contribution is 2.15. The molecule has 0 fully saturated rings. The summed E-state index contributed by atoms with van der Waals surface area (Å²) in [6.45, 7) is 4.85. The molecule has 0 spiro atoms. The van der Waals surface area contributed by atoms with Gasteiger partial charge in [-0.05, 0) is 52.4 Å². The topological polar surface area (TPSA) is 17.8 Å². The smallest absolute Gasteiger partial charge is 0.241 e. The Balaban J connectivity index is 0.000000206. The third-order valence-corrected chi connectivity index (χ3v) is 14.9. The van der Waals surface area contributed by atoms with Crippen LogP contribution >= 0.6 is 0 Å². The van der Waals surface area contributed by atoms with Gasteiger partial charge in [-0.1, -0.05) is 213 Å². The van der Waals surface area contributed by atoms with E-state index in [4.69, 9.17) is 0 Å². The maximum absolute atomic E-state index is 4.39. The fraction of sp³-hybridized carbons (Fsp3) is 0.188. The first kappa shape index (κ1) is 36.6. The molecular weight excluding hydrogens is 643 g/mol. The molecule has 1 aromatic heterocycles. The molecule has 7 rings (SSSR count). The van der Waals surface area contributed by atoms with Gasteiger partial charge in [0.1, 0.15) is 0 Å². The van der Waals surface area contributed by atoms with Crippen LogP contribution in [0.4, 0.5) is 0 Å². The third kappa shape index (κ3) is 9.18. The first-order valence-electron chi connectivity index (χ1n) is 19.1. The largest absolute Gasteiger partial charge is 0.339 e. The molecule has 7 aromatic rings. The SMILES string of the molecule is CCCCc1cccc([Si](Cn2ccnc2)(c2ccccc2)c2cccc(CCCC)c2)c1.c1ccc(B(c2ccccc2)c2ccccc2)cc1. The summed E-state index contributed by atoms with van der Waals surface area (Å²) in [4.78, 5) is 4.39. The van der Waals surface area contributed by atoms with Crippen LogP contribution in [0.1, 0.15) is 50.7 Å². The van der Waals surface area contributed by atoms with Crippen LogP contribution in [0, 0.1) is 0 Å². The van der Waals surface area contributed by atoms with E-state index in [0.717, 1.165) is 19.0 Å². The molecule has 0 saturated carbocycles. The van der Waals surface area contributed by atoms with Crippen molar-refractivity contribution in [2.75, 3.05) is 0 Å². The summed E-state index contributed by atoms with van der Waals surface area (Å²) in [5.74, 6) is 0. The van der Waals surface area contributed by atoms with Crippen molar-refractivity contribution in [2.45, 2.75) is 58.5 Å². The summed E-state index contributed by atoms with van der Waals surface area (Å²) >= 11 is 0. The van der Waals surface area contributed by atoms with E-state index in [9.17, 15) is 0 Å². The minimum atomic E-state index is -2.35. The summed E-state index contributed by atoms with van der Waals surface area (Å²) in [6, 6.07) is 62.2. The molecule has 2 nitrogen and oxygen atoms in total. The Morgan fingerprint density at radius 2 is 0.923 bits per heavy atom. The van der Waals surface area contributed by atoms with Crippen molar-refractivity contribution in [2.24, 2.45) is 0 Å². The van der Waals surface area contributed by atoms with Crippen LogP contribution in [0.15, 0.2) is 189 Å². The molecule has 0 N–H and O–H groups in total. The first-order valence-corrected chi connectivity index (χ1v) is 21.3. The van der Waals surface area contributed by atoms with Gasteiger partial charge in [-0.25, -0.2) is 4.98 Å². The van der Waals surface area contributed by atoms with Crippen LogP contribution < -0.4 is 31.9 Å². The molecule has 0 radical (unpaired) electrons. The predicted octanol–water partition coefficient (Wildman–Crippen LogP) is 7.48. The Hall–Kier alpha value is -5.19. The Labute approximate surface area is 313 Å². The maximum Gasteiger partial charge on any atom is 0.241 e. The van der Waals surface area contributed by atoms with Gasteiger partial charge in [0.05, 0.1) is 6.33 Å². The lowest BCUT2D eigenvalue weighted by Gasteiger charge is -2.34. The van der Waals surface area contributed by atoms with E-state index < -0.39 is 8.07 Å². The van der Waals surface area contributed by atoms with Gasteiger partial charge in [0.2, 0.25) is 6.71 Å². The summed E-state index contributed by atoms with van der Waals surface area (Å²) in [6.07, 6.45) is 14.1. The lowest BCUT2D eigenvalue weighted by atomic mass is 9.37. The minimum absolute atomic E-state index is 0.309. The minimum Gasteiger partial charge on any atom is -0.339 e. The molecule has 52 heavy (non-hydrogen) atoms. The van der Waals surface area contributed by atoms with E-state index in [-0.39, 0.29) is 0 Å². The van der Waals surface area contributed by atoms with Crippen LogP contribution in [-0.2, 0) is 19.0 Å². The van der Waals surface area contributed by atoms with Gasteiger partial charge in [-0.3, -0.25) is 0 Å². The van der Waals surface area contributed by atoms with Gasteiger partial charge < -0.3 is 4.57 Å². The van der Waals surface area contributed by atoms with Gasteiger partial charge in [0, 0.05) is 18.6 Å². The Kier molecular flexibility index (Phi) is 13.3. The first-order chi connectivity index (χ1) is 25.7. The van der Waals surface area contributed by atoms with Gasteiger partial charge >= 0.3 is 0 Å². The molecule has 0 unspecified atom stereocenters. The molecule has 1 heterocycles. The number of rotatable bonds is 14. The summed E-state index contributed by atoms with van der Waals surface area (Å²) in [7, 11) is -2.35. The van der Waals surface area contributed by atoms with Crippen molar-refractivity contribution in [3.63, 3.8) is 0 Å². The number of hydrogen-bond acceptors (Lipinski definition) is 1. The quantitative estimate of drug-likeness (QED) is 0.0853. The van der Waals surface area contributed by atoms with Crippen LogP contribution in [0.25, 0.3) is 0 Å². The zero-order chi connectivity index (χ0) is 35.9.